The lowest BCUT2D eigenvalue weighted by Crippen LogP contribution is -2.09. The normalized spacial score (nSPS) is 34.9. The molecule has 3 rings (SSSR count). The summed E-state index contributed by atoms with van der Waals surface area (Å²) >= 11 is 6.51. The SMILES string of the molecule is ClC(Cc1ccccc1)C1C2CCCC21. The molecule has 0 nitrogen and oxygen atoms in total. The van der Waals surface area contributed by atoms with Crippen molar-refractivity contribution in [2.75, 3.05) is 0 Å². The van der Waals surface area contributed by atoms with E-state index in [1.165, 1.54) is 24.8 Å². The second-order valence-electron chi connectivity index (χ2n) is 5.04. The van der Waals surface area contributed by atoms with Gasteiger partial charge in [0, 0.05) is 5.38 Å². The van der Waals surface area contributed by atoms with Crippen molar-refractivity contribution in [3.8, 4) is 0 Å². The molecule has 2 saturated carbocycles. The highest BCUT2D eigenvalue weighted by Gasteiger charge is 2.55. The molecule has 80 valence electrons. The van der Waals surface area contributed by atoms with Crippen molar-refractivity contribution in [2.24, 2.45) is 17.8 Å². The maximum absolute atomic E-state index is 6.51. The van der Waals surface area contributed by atoms with E-state index in [1.54, 1.807) is 0 Å². The molecule has 0 heterocycles. The molecule has 0 aliphatic heterocycles. The maximum atomic E-state index is 6.51. The number of halogens is 1. The quantitative estimate of drug-likeness (QED) is 0.679. The van der Waals surface area contributed by atoms with Gasteiger partial charge in [-0.2, -0.15) is 0 Å². The van der Waals surface area contributed by atoms with Crippen molar-refractivity contribution < 1.29 is 0 Å². The van der Waals surface area contributed by atoms with E-state index in [0.29, 0.717) is 5.38 Å². The van der Waals surface area contributed by atoms with Crippen molar-refractivity contribution >= 4 is 11.6 Å². The Bertz CT molecular complexity index is 322. The van der Waals surface area contributed by atoms with Crippen molar-refractivity contribution in [1.29, 1.82) is 0 Å². The third-order valence-electron chi connectivity index (χ3n) is 4.16. The Morgan fingerprint density at radius 1 is 1.13 bits per heavy atom. The van der Waals surface area contributed by atoms with Crippen molar-refractivity contribution in [3.05, 3.63) is 35.9 Å². The zero-order valence-electron chi connectivity index (χ0n) is 8.90. The fraction of sp³-hybridized carbons (Fsp3) is 0.571. The molecular weight excluding hydrogens is 204 g/mol. The van der Waals surface area contributed by atoms with E-state index < -0.39 is 0 Å². The smallest absolute Gasteiger partial charge is 0.0410 e. The van der Waals surface area contributed by atoms with Crippen LogP contribution in [-0.2, 0) is 6.42 Å². The molecule has 0 N–H and O–H groups in total. The average Bonchev–Trinajstić information content (AvgIpc) is 2.75. The summed E-state index contributed by atoms with van der Waals surface area (Å²) in [6.45, 7) is 0. The first kappa shape index (κ1) is 9.72. The Hall–Kier alpha value is -0.490. The molecule has 1 aromatic carbocycles. The standard InChI is InChI=1S/C14H17Cl/c15-13(9-10-5-2-1-3-6-10)14-11-7-4-8-12(11)14/h1-3,5-6,11-14H,4,7-9H2. The summed E-state index contributed by atoms with van der Waals surface area (Å²) in [7, 11) is 0. The van der Waals surface area contributed by atoms with Gasteiger partial charge in [-0.05, 0) is 42.6 Å². The first-order valence-electron chi connectivity index (χ1n) is 6.04. The van der Waals surface area contributed by atoms with Crippen LogP contribution in [0.2, 0.25) is 0 Å². The Labute approximate surface area is 96.6 Å². The highest BCUT2D eigenvalue weighted by molar-refractivity contribution is 6.21. The Morgan fingerprint density at radius 3 is 2.47 bits per heavy atom. The summed E-state index contributed by atoms with van der Waals surface area (Å²) in [5, 5.41) is 0.378. The Balaban J connectivity index is 1.60. The minimum atomic E-state index is 0.378. The Kier molecular flexibility index (Phi) is 2.48. The molecule has 0 radical (unpaired) electrons. The van der Waals surface area contributed by atoms with Gasteiger partial charge in [-0.25, -0.2) is 0 Å². The van der Waals surface area contributed by atoms with Gasteiger partial charge in [0.2, 0.25) is 0 Å². The Morgan fingerprint density at radius 2 is 1.80 bits per heavy atom. The van der Waals surface area contributed by atoms with Gasteiger partial charge in [0.05, 0.1) is 0 Å². The van der Waals surface area contributed by atoms with E-state index in [1.807, 2.05) is 0 Å². The van der Waals surface area contributed by atoms with Crippen LogP contribution in [0.15, 0.2) is 30.3 Å². The number of rotatable bonds is 3. The van der Waals surface area contributed by atoms with Gasteiger partial charge in [0.15, 0.2) is 0 Å². The predicted molar refractivity (Wildman–Crippen MR) is 64.1 cm³/mol. The maximum Gasteiger partial charge on any atom is 0.0410 e. The molecule has 1 heteroatoms. The first-order valence-corrected chi connectivity index (χ1v) is 6.48. The zero-order valence-corrected chi connectivity index (χ0v) is 9.66. The fourth-order valence-electron chi connectivity index (χ4n) is 3.39. The third-order valence-corrected chi connectivity index (χ3v) is 4.61. The van der Waals surface area contributed by atoms with Crippen LogP contribution in [0.5, 0.6) is 0 Å². The molecular formula is C14H17Cl. The van der Waals surface area contributed by atoms with Crippen LogP contribution >= 0.6 is 11.6 Å². The molecule has 2 aliphatic carbocycles. The molecule has 0 amide bonds. The van der Waals surface area contributed by atoms with Gasteiger partial charge in [0.1, 0.15) is 0 Å². The number of fused-ring (bicyclic) bond motifs is 1. The first-order chi connectivity index (χ1) is 7.36. The van der Waals surface area contributed by atoms with Gasteiger partial charge in [-0.3, -0.25) is 0 Å². The molecule has 0 saturated heterocycles. The van der Waals surface area contributed by atoms with Gasteiger partial charge >= 0.3 is 0 Å². The van der Waals surface area contributed by atoms with E-state index in [2.05, 4.69) is 30.3 Å². The highest BCUT2D eigenvalue weighted by Crippen LogP contribution is 2.60. The van der Waals surface area contributed by atoms with E-state index >= 15 is 0 Å². The molecule has 1 aromatic rings. The predicted octanol–water partition coefficient (Wildman–Crippen LogP) is 3.88. The van der Waals surface area contributed by atoms with E-state index in [9.17, 15) is 0 Å². The monoisotopic (exact) mass is 220 g/mol. The minimum absolute atomic E-state index is 0.378. The van der Waals surface area contributed by atoms with E-state index in [0.717, 1.165) is 24.2 Å². The third kappa shape index (κ3) is 1.80. The summed E-state index contributed by atoms with van der Waals surface area (Å²) in [4.78, 5) is 0. The number of hydrogen-bond donors (Lipinski definition) is 0. The second-order valence-corrected chi connectivity index (χ2v) is 5.60. The zero-order chi connectivity index (χ0) is 10.3. The number of alkyl halides is 1. The number of hydrogen-bond acceptors (Lipinski definition) is 0. The van der Waals surface area contributed by atoms with Crippen molar-refractivity contribution in [2.45, 2.75) is 31.1 Å². The summed E-state index contributed by atoms with van der Waals surface area (Å²) in [6.07, 6.45) is 5.38. The summed E-state index contributed by atoms with van der Waals surface area (Å²) < 4.78 is 0. The molecule has 0 bridgehead atoms. The van der Waals surface area contributed by atoms with E-state index in [4.69, 9.17) is 11.6 Å². The second kappa shape index (κ2) is 3.83. The lowest BCUT2D eigenvalue weighted by molar-refractivity contribution is 0.559. The summed E-state index contributed by atoms with van der Waals surface area (Å²) in [5.41, 5.74) is 1.39. The van der Waals surface area contributed by atoms with Crippen LogP contribution in [0.3, 0.4) is 0 Å². The van der Waals surface area contributed by atoms with Gasteiger partial charge in [-0.15, -0.1) is 11.6 Å². The molecule has 2 aliphatic rings. The lowest BCUT2D eigenvalue weighted by Gasteiger charge is -2.11. The van der Waals surface area contributed by atoms with Crippen LogP contribution in [-0.4, -0.2) is 5.38 Å². The molecule has 0 aromatic heterocycles. The molecule has 15 heavy (non-hydrogen) atoms. The van der Waals surface area contributed by atoms with Gasteiger partial charge in [0.25, 0.3) is 0 Å². The van der Waals surface area contributed by atoms with Crippen LogP contribution in [0.25, 0.3) is 0 Å². The van der Waals surface area contributed by atoms with E-state index in [-0.39, 0.29) is 0 Å². The van der Waals surface area contributed by atoms with Crippen LogP contribution < -0.4 is 0 Å². The molecule has 0 spiro atoms. The highest BCUT2D eigenvalue weighted by atomic mass is 35.5. The molecule has 2 fully saturated rings. The van der Waals surface area contributed by atoms with Crippen molar-refractivity contribution in [3.63, 3.8) is 0 Å². The average molecular weight is 221 g/mol. The largest absolute Gasteiger partial charge is 0.122 e. The molecule has 3 atom stereocenters. The summed E-state index contributed by atoms with van der Waals surface area (Å²) in [5.74, 6) is 2.80. The fourth-order valence-corrected chi connectivity index (χ4v) is 3.94. The number of benzene rings is 1. The van der Waals surface area contributed by atoms with Crippen LogP contribution in [0.4, 0.5) is 0 Å². The van der Waals surface area contributed by atoms with Gasteiger partial charge in [-0.1, -0.05) is 36.8 Å². The van der Waals surface area contributed by atoms with Crippen LogP contribution in [0.1, 0.15) is 24.8 Å². The molecule has 3 unspecified atom stereocenters. The van der Waals surface area contributed by atoms with Crippen LogP contribution in [0, 0.1) is 17.8 Å². The summed E-state index contributed by atoms with van der Waals surface area (Å²) in [6, 6.07) is 10.7. The van der Waals surface area contributed by atoms with Gasteiger partial charge < -0.3 is 0 Å². The minimum Gasteiger partial charge on any atom is -0.122 e. The topological polar surface area (TPSA) is 0 Å². The van der Waals surface area contributed by atoms with Crippen molar-refractivity contribution in [1.82, 2.24) is 0 Å². The lowest BCUT2D eigenvalue weighted by atomic mass is 10.0.